The fourth-order valence-electron chi connectivity index (χ4n) is 1.26. The predicted octanol–water partition coefficient (Wildman–Crippen LogP) is 3.76. The maximum atomic E-state index is 9.80. The lowest BCUT2D eigenvalue weighted by molar-refractivity contribution is 0.168. The molecule has 0 aliphatic rings. The summed E-state index contributed by atoms with van der Waals surface area (Å²) in [7, 11) is 0. The van der Waals surface area contributed by atoms with Gasteiger partial charge in [-0.3, -0.25) is 0 Å². The number of aliphatic hydroxyl groups excluding tert-OH is 1. The zero-order valence-electron chi connectivity index (χ0n) is 8.33. The van der Waals surface area contributed by atoms with E-state index in [0.29, 0.717) is 0 Å². The van der Waals surface area contributed by atoms with E-state index in [1.807, 2.05) is 31.2 Å². The lowest BCUT2D eigenvalue weighted by Crippen LogP contribution is -1.96. The van der Waals surface area contributed by atoms with Gasteiger partial charge in [-0.05, 0) is 37.0 Å². The van der Waals surface area contributed by atoms with Gasteiger partial charge in [0, 0.05) is 4.47 Å². The van der Waals surface area contributed by atoms with Crippen molar-refractivity contribution in [1.82, 2.24) is 0 Å². The summed E-state index contributed by atoms with van der Waals surface area (Å²) in [5.41, 5.74) is 2.15. The van der Waals surface area contributed by atoms with Gasteiger partial charge in [0.1, 0.15) is 0 Å². The van der Waals surface area contributed by atoms with E-state index >= 15 is 0 Å². The molecule has 0 bridgehead atoms. The van der Waals surface area contributed by atoms with Crippen LogP contribution in [0, 0.1) is 6.92 Å². The van der Waals surface area contributed by atoms with Crippen LogP contribution < -0.4 is 0 Å². The van der Waals surface area contributed by atoms with Crippen molar-refractivity contribution >= 4 is 15.9 Å². The number of hydrogen-bond acceptors (Lipinski definition) is 1. The van der Waals surface area contributed by atoms with Crippen molar-refractivity contribution in [2.24, 2.45) is 0 Å². The van der Waals surface area contributed by atoms with Gasteiger partial charge in [0.2, 0.25) is 0 Å². The van der Waals surface area contributed by atoms with Gasteiger partial charge >= 0.3 is 0 Å². The molecule has 0 aliphatic carbocycles. The summed E-state index contributed by atoms with van der Waals surface area (Å²) in [6, 6.07) is 5.95. The minimum atomic E-state index is -0.384. The van der Waals surface area contributed by atoms with Crippen LogP contribution in [0.15, 0.2) is 35.3 Å². The normalized spacial score (nSPS) is 12.5. The molecule has 0 heterocycles. The second-order valence-corrected chi connectivity index (χ2v) is 4.24. The van der Waals surface area contributed by atoms with E-state index in [4.69, 9.17) is 0 Å². The Balaban J connectivity index is 2.75. The highest BCUT2D eigenvalue weighted by molar-refractivity contribution is 9.10. The van der Waals surface area contributed by atoms with E-state index in [9.17, 15) is 5.11 Å². The Bertz CT molecular complexity index is 320. The molecular weight excluding hydrogens is 240 g/mol. The van der Waals surface area contributed by atoms with Gasteiger partial charge in [0.05, 0.1) is 6.10 Å². The van der Waals surface area contributed by atoms with E-state index < -0.39 is 0 Å². The van der Waals surface area contributed by atoms with Crippen LogP contribution in [0.3, 0.4) is 0 Å². The largest absolute Gasteiger partial charge is 0.388 e. The molecule has 1 N–H and O–H groups in total. The van der Waals surface area contributed by atoms with Crippen LogP contribution in [0.2, 0.25) is 0 Å². The average Bonchev–Trinajstić information content (AvgIpc) is 2.18. The van der Waals surface area contributed by atoms with Crippen LogP contribution in [0.1, 0.15) is 30.1 Å². The first-order valence-corrected chi connectivity index (χ1v) is 5.49. The van der Waals surface area contributed by atoms with Crippen molar-refractivity contribution in [1.29, 1.82) is 0 Å². The van der Waals surface area contributed by atoms with Gasteiger partial charge in [-0.2, -0.15) is 0 Å². The lowest BCUT2D eigenvalue weighted by Gasteiger charge is -2.10. The minimum absolute atomic E-state index is 0.384. The monoisotopic (exact) mass is 254 g/mol. The molecule has 2 heteroatoms. The molecule has 1 unspecified atom stereocenters. The summed E-state index contributed by atoms with van der Waals surface area (Å²) in [5.74, 6) is 0. The maximum Gasteiger partial charge on any atom is 0.0793 e. The molecule has 0 spiro atoms. The van der Waals surface area contributed by atoms with Crippen LogP contribution in [-0.2, 0) is 0 Å². The highest BCUT2D eigenvalue weighted by Crippen LogP contribution is 2.24. The van der Waals surface area contributed by atoms with Gasteiger partial charge in [-0.15, -0.1) is 6.58 Å². The summed E-state index contributed by atoms with van der Waals surface area (Å²) in [5, 5.41) is 9.80. The van der Waals surface area contributed by atoms with E-state index in [-0.39, 0.29) is 6.10 Å². The van der Waals surface area contributed by atoms with E-state index in [0.717, 1.165) is 22.9 Å². The average molecular weight is 255 g/mol. The van der Waals surface area contributed by atoms with Crippen LogP contribution in [0.25, 0.3) is 0 Å². The van der Waals surface area contributed by atoms with E-state index in [2.05, 4.69) is 22.5 Å². The summed E-state index contributed by atoms with van der Waals surface area (Å²) in [4.78, 5) is 0. The van der Waals surface area contributed by atoms with E-state index in [1.165, 1.54) is 5.56 Å². The summed E-state index contributed by atoms with van der Waals surface area (Å²) >= 11 is 3.45. The fourth-order valence-corrected chi connectivity index (χ4v) is 1.66. The molecule has 0 radical (unpaired) electrons. The SMILES string of the molecule is C=CCCC(O)c1ccc(C)c(Br)c1. The van der Waals surface area contributed by atoms with Crippen molar-refractivity contribution in [3.8, 4) is 0 Å². The summed E-state index contributed by atoms with van der Waals surface area (Å²) in [6.07, 6.45) is 3.02. The minimum Gasteiger partial charge on any atom is -0.388 e. The first-order chi connectivity index (χ1) is 6.65. The van der Waals surface area contributed by atoms with Gasteiger partial charge in [-0.25, -0.2) is 0 Å². The molecule has 0 saturated heterocycles. The first kappa shape index (κ1) is 11.5. The Morgan fingerprint density at radius 3 is 2.86 bits per heavy atom. The molecule has 1 aromatic carbocycles. The third-order valence-electron chi connectivity index (χ3n) is 2.22. The maximum absolute atomic E-state index is 9.80. The number of aliphatic hydroxyl groups is 1. The Morgan fingerprint density at radius 2 is 2.29 bits per heavy atom. The van der Waals surface area contributed by atoms with Crippen molar-refractivity contribution in [2.45, 2.75) is 25.9 Å². The molecule has 0 fully saturated rings. The van der Waals surface area contributed by atoms with Crippen LogP contribution in [0.4, 0.5) is 0 Å². The molecule has 0 aromatic heterocycles. The molecule has 1 rings (SSSR count). The quantitative estimate of drug-likeness (QED) is 0.812. The zero-order chi connectivity index (χ0) is 10.6. The highest BCUT2D eigenvalue weighted by atomic mass is 79.9. The Hall–Kier alpha value is -0.600. The Kier molecular flexibility index (Phi) is 4.36. The molecule has 0 amide bonds. The smallest absolute Gasteiger partial charge is 0.0793 e. The second-order valence-electron chi connectivity index (χ2n) is 3.39. The number of halogens is 1. The van der Waals surface area contributed by atoms with Gasteiger partial charge < -0.3 is 5.11 Å². The fraction of sp³-hybridized carbons (Fsp3) is 0.333. The molecule has 0 aliphatic heterocycles. The standard InChI is InChI=1S/C12H15BrO/c1-3-4-5-12(14)10-7-6-9(2)11(13)8-10/h3,6-8,12,14H,1,4-5H2,2H3. The Morgan fingerprint density at radius 1 is 1.57 bits per heavy atom. The van der Waals surface area contributed by atoms with Crippen molar-refractivity contribution in [3.63, 3.8) is 0 Å². The first-order valence-electron chi connectivity index (χ1n) is 4.70. The number of aryl methyl sites for hydroxylation is 1. The van der Waals surface area contributed by atoms with Gasteiger partial charge in [0.25, 0.3) is 0 Å². The van der Waals surface area contributed by atoms with Crippen LogP contribution in [-0.4, -0.2) is 5.11 Å². The van der Waals surface area contributed by atoms with Crippen LogP contribution in [0.5, 0.6) is 0 Å². The van der Waals surface area contributed by atoms with Crippen molar-refractivity contribution in [3.05, 3.63) is 46.5 Å². The third-order valence-corrected chi connectivity index (χ3v) is 3.08. The molecular formula is C12H15BrO. The number of hydrogen-bond donors (Lipinski definition) is 1. The Labute approximate surface area is 93.6 Å². The summed E-state index contributed by atoms with van der Waals surface area (Å²) in [6.45, 7) is 5.67. The molecule has 1 nitrogen and oxygen atoms in total. The third kappa shape index (κ3) is 2.96. The lowest BCUT2D eigenvalue weighted by atomic mass is 10.0. The molecule has 76 valence electrons. The van der Waals surface area contributed by atoms with E-state index in [1.54, 1.807) is 0 Å². The molecule has 1 aromatic rings. The number of benzene rings is 1. The zero-order valence-corrected chi connectivity index (χ0v) is 9.92. The topological polar surface area (TPSA) is 20.2 Å². The molecule has 0 saturated carbocycles. The second kappa shape index (κ2) is 5.32. The molecule has 14 heavy (non-hydrogen) atoms. The number of allylic oxidation sites excluding steroid dienone is 1. The van der Waals surface area contributed by atoms with Gasteiger partial charge in [-0.1, -0.05) is 34.1 Å². The molecule has 1 atom stereocenters. The van der Waals surface area contributed by atoms with Gasteiger partial charge in [0.15, 0.2) is 0 Å². The highest BCUT2D eigenvalue weighted by Gasteiger charge is 2.07. The van der Waals surface area contributed by atoms with Crippen molar-refractivity contribution < 1.29 is 5.11 Å². The number of rotatable bonds is 4. The predicted molar refractivity (Wildman–Crippen MR) is 63.3 cm³/mol. The summed E-state index contributed by atoms with van der Waals surface area (Å²) < 4.78 is 1.05. The van der Waals surface area contributed by atoms with Crippen LogP contribution >= 0.6 is 15.9 Å². The van der Waals surface area contributed by atoms with Crippen molar-refractivity contribution in [2.75, 3.05) is 0 Å².